The number of hydrogen-bond donors (Lipinski definition) is 2. The Labute approximate surface area is 107 Å². The number of piperidine rings is 1. The summed E-state index contributed by atoms with van der Waals surface area (Å²) >= 11 is 0. The molecule has 1 saturated heterocycles. The minimum absolute atomic E-state index is 0.0261. The van der Waals surface area contributed by atoms with Crippen LogP contribution in [0.2, 0.25) is 0 Å². The number of primary amides is 1. The van der Waals surface area contributed by atoms with Crippen molar-refractivity contribution in [3.05, 3.63) is 18.2 Å². The van der Waals surface area contributed by atoms with E-state index in [1.54, 1.807) is 0 Å². The summed E-state index contributed by atoms with van der Waals surface area (Å²) in [5, 5.41) is 3.20. The highest BCUT2D eigenvalue weighted by molar-refractivity contribution is 5.77. The van der Waals surface area contributed by atoms with Gasteiger partial charge in [0.2, 0.25) is 5.91 Å². The summed E-state index contributed by atoms with van der Waals surface area (Å²) in [6.45, 7) is 4.60. The molecule has 1 aliphatic heterocycles. The van der Waals surface area contributed by atoms with Crippen LogP contribution in [-0.2, 0) is 4.79 Å². The molecule has 1 amide bonds. The van der Waals surface area contributed by atoms with Gasteiger partial charge in [-0.25, -0.2) is 4.98 Å². The highest BCUT2D eigenvalue weighted by Crippen LogP contribution is 2.22. The van der Waals surface area contributed by atoms with Gasteiger partial charge in [0, 0.05) is 25.6 Å². The van der Waals surface area contributed by atoms with Gasteiger partial charge >= 0.3 is 0 Å². The predicted molar refractivity (Wildman–Crippen MR) is 72.5 cm³/mol. The summed E-state index contributed by atoms with van der Waals surface area (Å²) in [5.74, 6) is 1.71. The summed E-state index contributed by atoms with van der Waals surface area (Å²) in [6, 6.07) is 5.97. The number of nitrogens with two attached hydrogens (primary N) is 1. The van der Waals surface area contributed by atoms with E-state index >= 15 is 0 Å². The highest BCUT2D eigenvalue weighted by atomic mass is 16.1. The van der Waals surface area contributed by atoms with Crippen LogP contribution < -0.4 is 16.0 Å². The molecule has 0 bridgehead atoms. The van der Waals surface area contributed by atoms with Crippen molar-refractivity contribution in [2.75, 3.05) is 29.9 Å². The number of amides is 1. The number of nitrogens with zero attached hydrogens (tertiary/aromatic N) is 2. The standard InChI is InChI=1S/C13H20N4O/c1-2-15-11-4-3-5-12(16-11)17-8-6-10(7-9-17)13(14)18/h3-5,10H,2,6-9H2,1H3,(H2,14,18)(H,15,16). The van der Waals surface area contributed by atoms with E-state index in [0.717, 1.165) is 44.1 Å². The van der Waals surface area contributed by atoms with Gasteiger partial charge in [0.05, 0.1) is 0 Å². The fourth-order valence-electron chi connectivity index (χ4n) is 2.27. The fraction of sp³-hybridized carbons (Fsp3) is 0.538. The number of anilines is 2. The molecule has 1 aliphatic rings. The van der Waals surface area contributed by atoms with Gasteiger partial charge in [-0.2, -0.15) is 0 Å². The van der Waals surface area contributed by atoms with Crippen LogP contribution in [0.1, 0.15) is 19.8 Å². The molecule has 5 heteroatoms. The smallest absolute Gasteiger partial charge is 0.220 e. The Kier molecular flexibility index (Phi) is 4.02. The second kappa shape index (κ2) is 5.71. The van der Waals surface area contributed by atoms with Crippen molar-refractivity contribution in [1.82, 2.24) is 4.98 Å². The Morgan fingerprint density at radius 3 is 2.83 bits per heavy atom. The minimum Gasteiger partial charge on any atom is -0.370 e. The Bertz CT molecular complexity index is 413. The van der Waals surface area contributed by atoms with Gasteiger partial charge in [-0.1, -0.05) is 6.07 Å². The Morgan fingerprint density at radius 2 is 2.22 bits per heavy atom. The van der Waals surface area contributed by atoms with Crippen molar-refractivity contribution in [1.29, 1.82) is 0 Å². The third-order valence-electron chi connectivity index (χ3n) is 3.31. The average molecular weight is 248 g/mol. The first-order chi connectivity index (χ1) is 8.70. The summed E-state index contributed by atoms with van der Waals surface area (Å²) in [6.07, 6.45) is 1.64. The highest BCUT2D eigenvalue weighted by Gasteiger charge is 2.23. The lowest BCUT2D eigenvalue weighted by Gasteiger charge is -2.31. The van der Waals surface area contributed by atoms with E-state index in [9.17, 15) is 4.79 Å². The van der Waals surface area contributed by atoms with Crippen molar-refractivity contribution in [2.45, 2.75) is 19.8 Å². The molecule has 1 fully saturated rings. The van der Waals surface area contributed by atoms with E-state index in [2.05, 4.69) is 15.2 Å². The number of pyridine rings is 1. The molecule has 1 aromatic heterocycles. The number of hydrogen-bond acceptors (Lipinski definition) is 4. The van der Waals surface area contributed by atoms with Crippen LogP contribution in [0, 0.1) is 5.92 Å². The molecule has 98 valence electrons. The monoisotopic (exact) mass is 248 g/mol. The maximum Gasteiger partial charge on any atom is 0.220 e. The van der Waals surface area contributed by atoms with Crippen molar-refractivity contribution in [3.63, 3.8) is 0 Å². The SMILES string of the molecule is CCNc1cccc(N2CCC(C(N)=O)CC2)n1. The molecule has 0 unspecified atom stereocenters. The van der Waals surface area contributed by atoms with Crippen LogP contribution in [0.25, 0.3) is 0 Å². The van der Waals surface area contributed by atoms with E-state index in [1.807, 2.05) is 25.1 Å². The summed E-state index contributed by atoms with van der Waals surface area (Å²) < 4.78 is 0. The van der Waals surface area contributed by atoms with Crippen molar-refractivity contribution in [2.24, 2.45) is 11.7 Å². The first kappa shape index (κ1) is 12.7. The molecule has 0 aromatic carbocycles. The summed E-state index contributed by atoms with van der Waals surface area (Å²) in [4.78, 5) is 17.9. The van der Waals surface area contributed by atoms with Gasteiger partial charge in [0.1, 0.15) is 11.6 Å². The fourth-order valence-corrected chi connectivity index (χ4v) is 2.27. The van der Waals surface area contributed by atoms with Crippen LogP contribution >= 0.6 is 0 Å². The largest absolute Gasteiger partial charge is 0.370 e. The van der Waals surface area contributed by atoms with E-state index < -0.39 is 0 Å². The maximum atomic E-state index is 11.1. The summed E-state index contributed by atoms with van der Waals surface area (Å²) in [5.41, 5.74) is 5.33. The number of aromatic nitrogens is 1. The second-order valence-electron chi connectivity index (χ2n) is 4.58. The molecule has 0 spiro atoms. The zero-order chi connectivity index (χ0) is 13.0. The van der Waals surface area contributed by atoms with Gasteiger partial charge in [0.25, 0.3) is 0 Å². The maximum absolute atomic E-state index is 11.1. The molecule has 1 aromatic rings. The number of rotatable bonds is 4. The average Bonchev–Trinajstić information content (AvgIpc) is 2.39. The van der Waals surface area contributed by atoms with E-state index in [0.29, 0.717) is 0 Å². The Hall–Kier alpha value is -1.78. The molecule has 2 heterocycles. The van der Waals surface area contributed by atoms with Crippen LogP contribution in [0.3, 0.4) is 0 Å². The van der Waals surface area contributed by atoms with E-state index in [1.165, 1.54) is 0 Å². The van der Waals surface area contributed by atoms with E-state index in [-0.39, 0.29) is 11.8 Å². The quantitative estimate of drug-likeness (QED) is 0.840. The topological polar surface area (TPSA) is 71.2 Å². The van der Waals surface area contributed by atoms with Gasteiger partial charge in [-0.3, -0.25) is 4.79 Å². The lowest BCUT2D eigenvalue weighted by molar-refractivity contribution is -0.122. The molecule has 3 N–H and O–H groups in total. The van der Waals surface area contributed by atoms with E-state index in [4.69, 9.17) is 5.73 Å². The molecular weight excluding hydrogens is 228 g/mol. The van der Waals surface area contributed by atoms with Crippen LogP contribution in [0.15, 0.2) is 18.2 Å². The van der Waals surface area contributed by atoms with Crippen LogP contribution in [0.5, 0.6) is 0 Å². The molecule has 0 aliphatic carbocycles. The molecule has 0 saturated carbocycles. The third kappa shape index (κ3) is 2.91. The number of carbonyl (C=O) groups excluding carboxylic acids is 1. The molecule has 0 radical (unpaired) electrons. The normalized spacial score (nSPS) is 16.6. The lowest BCUT2D eigenvalue weighted by Crippen LogP contribution is -2.38. The summed E-state index contributed by atoms with van der Waals surface area (Å²) in [7, 11) is 0. The zero-order valence-corrected chi connectivity index (χ0v) is 10.7. The molecule has 0 atom stereocenters. The minimum atomic E-state index is -0.177. The Balaban J connectivity index is 2.00. The van der Waals surface area contributed by atoms with Gasteiger partial charge < -0.3 is 16.0 Å². The number of nitrogens with one attached hydrogen (secondary N) is 1. The first-order valence-electron chi connectivity index (χ1n) is 6.46. The predicted octanol–water partition coefficient (Wildman–Crippen LogP) is 1.22. The van der Waals surface area contributed by atoms with Crippen molar-refractivity contribution < 1.29 is 4.79 Å². The molecule has 2 rings (SSSR count). The van der Waals surface area contributed by atoms with Crippen LogP contribution in [0.4, 0.5) is 11.6 Å². The first-order valence-corrected chi connectivity index (χ1v) is 6.46. The van der Waals surface area contributed by atoms with Gasteiger partial charge in [0.15, 0.2) is 0 Å². The molecular formula is C13H20N4O. The molecule has 18 heavy (non-hydrogen) atoms. The van der Waals surface area contributed by atoms with Gasteiger partial charge in [-0.05, 0) is 31.9 Å². The Morgan fingerprint density at radius 1 is 1.50 bits per heavy atom. The zero-order valence-electron chi connectivity index (χ0n) is 10.7. The third-order valence-corrected chi connectivity index (χ3v) is 3.31. The van der Waals surface area contributed by atoms with Crippen molar-refractivity contribution in [3.8, 4) is 0 Å². The molecule has 5 nitrogen and oxygen atoms in total. The number of carbonyl (C=O) groups is 1. The van der Waals surface area contributed by atoms with Crippen LogP contribution in [-0.4, -0.2) is 30.5 Å². The second-order valence-corrected chi connectivity index (χ2v) is 4.58. The van der Waals surface area contributed by atoms with Crippen molar-refractivity contribution >= 4 is 17.5 Å². The lowest BCUT2D eigenvalue weighted by atomic mass is 9.96. The van der Waals surface area contributed by atoms with Gasteiger partial charge in [-0.15, -0.1) is 0 Å².